The zero-order valence-electron chi connectivity index (χ0n) is 15.0. The Balaban J connectivity index is 1.62. The van der Waals surface area contributed by atoms with Crippen molar-refractivity contribution in [2.75, 3.05) is 19.3 Å². The predicted molar refractivity (Wildman–Crippen MR) is 95.5 cm³/mol. The van der Waals surface area contributed by atoms with Gasteiger partial charge in [0.2, 0.25) is 5.91 Å². The van der Waals surface area contributed by atoms with Gasteiger partial charge in [0.15, 0.2) is 5.16 Å². The van der Waals surface area contributed by atoms with Crippen molar-refractivity contribution < 1.29 is 14.7 Å². The zero-order chi connectivity index (χ0) is 18.1. The summed E-state index contributed by atoms with van der Waals surface area (Å²) in [7, 11) is 0. The molecule has 0 spiro atoms. The summed E-state index contributed by atoms with van der Waals surface area (Å²) in [4.78, 5) is 34.8. The van der Waals surface area contributed by atoms with Gasteiger partial charge in [0.05, 0.1) is 5.92 Å². The molecule has 2 aliphatic rings. The second-order valence-electron chi connectivity index (χ2n) is 7.10. The van der Waals surface area contributed by atoms with Gasteiger partial charge in [-0.05, 0) is 56.8 Å². The smallest absolute Gasteiger partial charge is 0.308 e. The lowest BCUT2D eigenvalue weighted by Crippen LogP contribution is -2.30. The van der Waals surface area contributed by atoms with Crippen LogP contribution in [0, 0.1) is 31.6 Å². The second kappa shape index (κ2) is 7.32. The summed E-state index contributed by atoms with van der Waals surface area (Å²) in [5, 5.41) is 10.2. The van der Waals surface area contributed by atoms with E-state index < -0.39 is 11.9 Å². The molecule has 0 radical (unpaired) electrons. The Hall–Kier alpha value is -1.63. The first kappa shape index (κ1) is 18.2. The van der Waals surface area contributed by atoms with E-state index >= 15 is 0 Å². The second-order valence-corrected chi connectivity index (χ2v) is 7.88. The van der Waals surface area contributed by atoms with E-state index in [0.29, 0.717) is 31.8 Å². The van der Waals surface area contributed by atoms with Crippen molar-refractivity contribution in [3.63, 3.8) is 0 Å². The fourth-order valence-corrected chi connectivity index (χ4v) is 4.30. The van der Waals surface area contributed by atoms with Crippen LogP contribution in [0.4, 0.5) is 0 Å². The van der Waals surface area contributed by atoms with Gasteiger partial charge in [0, 0.05) is 30.9 Å². The molecule has 2 fully saturated rings. The van der Waals surface area contributed by atoms with E-state index in [2.05, 4.69) is 9.97 Å². The first-order valence-electron chi connectivity index (χ1n) is 8.79. The van der Waals surface area contributed by atoms with Gasteiger partial charge < -0.3 is 10.0 Å². The standard InChI is InChI=1S/C18H25N3O3S/c1-10-13(11(2)20-18(19-10)25-3)6-7-16(22)21-8-14(12-4-5-12)15(9-21)17(23)24/h12,14-15H,4-9H2,1-3H3,(H,23,24)/t14-,15+/m1/s1. The normalized spacial score (nSPS) is 23.1. The lowest BCUT2D eigenvalue weighted by atomic mass is 9.92. The molecule has 1 aromatic rings. The summed E-state index contributed by atoms with van der Waals surface area (Å²) in [6.45, 7) is 4.86. The predicted octanol–water partition coefficient (Wildman–Crippen LogP) is 2.32. The van der Waals surface area contributed by atoms with Crippen LogP contribution in [0.2, 0.25) is 0 Å². The van der Waals surface area contributed by atoms with Crippen molar-refractivity contribution in [3.05, 3.63) is 17.0 Å². The first-order chi connectivity index (χ1) is 11.9. The Morgan fingerprint density at radius 2 is 1.84 bits per heavy atom. The van der Waals surface area contributed by atoms with Crippen LogP contribution in [-0.2, 0) is 16.0 Å². The fraction of sp³-hybridized carbons (Fsp3) is 0.667. The van der Waals surface area contributed by atoms with Gasteiger partial charge >= 0.3 is 5.97 Å². The Bertz CT molecular complexity index is 667. The van der Waals surface area contributed by atoms with Crippen LogP contribution in [-0.4, -0.2) is 51.2 Å². The molecule has 136 valence electrons. The number of rotatable bonds is 6. The van der Waals surface area contributed by atoms with Crippen molar-refractivity contribution in [2.24, 2.45) is 17.8 Å². The largest absolute Gasteiger partial charge is 0.481 e. The zero-order valence-corrected chi connectivity index (χ0v) is 15.8. The Labute approximate surface area is 152 Å². The molecule has 25 heavy (non-hydrogen) atoms. The van der Waals surface area contributed by atoms with E-state index in [1.807, 2.05) is 20.1 Å². The number of hydrogen-bond acceptors (Lipinski definition) is 5. The Morgan fingerprint density at radius 3 is 2.36 bits per heavy atom. The number of thioether (sulfide) groups is 1. The molecule has 7 heteroatoms. The van der Waals surface area contributed by atoms with Crippen molar-refractivity contribution >= 4 is 23.6 Å². The van der Waals surface area contributed by atoms with Gasteiger partial charge in [0.25, 0.3) is 0 Å². The molecule has 1 amide bonds. The number of aryl methyl sites for hydroxylation is 2. The van der Waals surface area contributed by atoms with Gasteiger partial charge in [-0.25, -0.2) is 9.97 Å². The number of carboxylic acid groups (broad SMARTS) is 1. The molecule has 1 aliphatic carbocycles. The number of carbonyl (C=O) groups is 2. The van der Waals surface area contributed by atoms with Crippen molar-refractivity contribution in [1.82, 2.24) is 14.9 Å². The van der Waals surface area contributed by atoms with Crippen LogP contribution in [0.15, 0.2) is 5.16 Å². The molecule has 1 N–H and O–H groups in total. The van der Waals surface area contributed by atoms with E-state index in [-0.39, 0.29) is 11.8 Å². The monoisotopic (exact) mass is 363 g/mol. The molecular formula is C18H25N3O3S. The highest BCUT2D eigenvalue weighted by Gasteiger charge is 2.46. The van der Waals surface area contributed by atoms with Crippen LogP contribution in [0.5, 0.6) is 0 Å². The van der Waals surface area contributed by atoms with Crippen molar-refractivity contribution in [1.29, 1.82) is 0 Å². The molecule has 1 saturated heterocycles. The van der Waals surface area contributed by atoms with Gasteiger partial charge in [-0.1, -0.05) is 11.8 Å². The highest BCUT2D eigenvalue weighted by atomic mass is 32.2. The van der Waals surface area contributed by atoms with Gasteiger partial charge in [-0.2, -0.15) is 0 Å². The molecule has 3 rings (SSSR count). The number of amides is 1. The Morgan fingerprint density at radius 1 is 1.20 bits per heavy atom. The van der Waals surface area contributed by atoms with Crippen molar-refractivity contribution in [3.8, 4) is 0 Å². The van der Waals surface area contributed by atoms with E-state index in [4.69, 9.17) is 0 Å². The quantitative estimate of drug-likeness (QED) is 0.617. The molecule has 2 atom stereocenters. The third-order valence-electron chi connectivity index (χ3n) is 5.43. The SMILES string of the molecule is CSc1nc(C)c(CCC(=O)N2C[C@H](C(=O)O)[C@@H](C3CC3)C2)c(C)n1. The van der Waals surface area contributed by atoms with E-state index in [9.17, 15) is 14.7 Å². The molecule has 1 aromatic heterocycles. The lowest BCUT2D eigenvalue weighted by molar-refractivity contribution is -0.142. The molecular weight excluding hydrogens is 338 g/mol. The first-order valence-corrected chi connectivity index (χ1v) is 10.0. The summed E-state index contributed by atoms with van der Waals surface area (Å²) >= 11 is 1.51. The summed E-state index contributed by atoms with van der Waals surface area (Å²) in [6, 6.07) is 0. The number of aromatic nitrogens is 2. The number of carbonyl (C=O) groups excluding carboxylic acids is 1. The minimum absolute atomic E-state index is 0.0437. The summed E-state index contributed by atoms with van der Waals surface area (Å²) in [5.74, 6) is -0.490. The van der Waals surface area contributed by atoms with Gasteiger partial charge in [0.1, 0.15) is 0 Å². The van der Waals surface area contributed by atoms with Gasteiger partial charge in [-0.15, -0.1) is 0 Å². The topological polar surface area (TPSA) is 83.4 Å². The highest BCUT2D eigenvalue weighted by molar-refractivity contribution is 7.98. The molecule has 6 nitrogen and oxygen atoms in total. The summed E-state index contributed by atoms with van der Waals surface area (Å²) < 4.78 is 0. The summed E-state index contributed by atoms with van der Waals surface area (Å²) in [6.07, 6.45) is 5.14. The van der Waals surface area contributed by atoms with Crippen molar-refractivity contribution in [2.45, 2.75) is 44.7 Å². The molecule has 1 aliphatic heterocycles. The van der Waals surface area contributed by atoms with Crippen LogP contribution in [0.1, 0.15) is 36.2 Å². The van der Waals surface area contributed by atoms with Gasteiger partial charge in [-0.3, -0.25) is 9.59 Å². The maximum atomic E-state index is 12.6. The third kappa shape index (κ3) is 3.97. The average molecular weight is 363 g/mol. The van der Waals surface area contributed by atoms with Crippen LogP contribution >= 0.6 is 11.8 Å². The molecule has 0 aromatic carbocycles. The molecule has 0 unspecified atom stereocenters. The number of aliphatic carboxylic acids is 1. The minimum Gasteiger partial charge on any atom is -0.481 e. The minimum atomic E-state index is -0.764. The molecule has 0 bridgehead atoms. The third-order valence-corrected chi connectivity index (χ3v) is 5.98. The fourth-order valence-electron chi connectivity index (χ4n) is 3.85. The highest BCUT2D eigenvalue weighted by Crippen LogP contribution is 2.44. The maximum absolute atomic E-state index is 12.6. The van der Waals surface area contributed by atoms with E-state index in [0.717, 1.165) is 34.9 Å². The van der Waals surface area contributed by atoms with E-state index in [1.54, 1.807) is 4.90 Å². The average Bonchev–Trinajstić information content (AvgIpc) is 3.31. The number of hydrogen-bond donors (Lipinski definition) is 1. The lowest BCUT2D eigenvalue weighted by Gasteiger charge is -2.17. The number of nitrogens with zero attached hydrogens (tertiary/aromatic N) is 3. The maximum Gasteiger partial charge on any atom is 0.308 e. The molecule has 2 heterocycles. The number of carboxylic acids is 1. The number of likely N-dealkylation sites (tertiary alicyclic amines) is 1. The summed E-state index contributed by atoms with van der Waals surface area (Å²) in [5.41, 5.74) is 2.87. The molecule has 1 saturated carbocycles. The van der Waals surface area contributed by atoms with E-state index in [1.165, 1.54) is 11.8 Å². The Kier molecular flexibility index (Phi) is 5.32. The van der Waals surface area contributed by atoms with Crippen LogP contribution < -0.4 is 0 Å². The van der Waals surface area contributed by atoms with Crippen LogP contribution in [0.25, 0.3) is 0 Å². The van der Waals surface area contributed by atoms with Crippen LogP contribution in [0.3, 0.4) is 0 Å².